The number of carboxylic acid groups (broad SMARTS) is 2. The summed E-state index contributed by atoms with van der Waals surface area (Å²) in [6.07, 6.45) is -1.28. The Labute approximate surface area is 170 Å². The fourth-order valence-electron chi connectivity index (χ4n) is 3.02. The number of carbonyl (C=O) groups excluding carboxylic acids is 2. The van der Waals surface area contributed by atoms with Gasteiger partial charge < -0.3 is 19.7 Å². The molecule has 0 aromatic heterocycles. The van der Waals surface area contributed by atoms with Crippen molar-refractivity contribution < 1.29 is 38.9 Å². The number of carboxylic acids is 2. The fraction of sp³-hybridized carbons (Fsp3) is 0.182. The van der Waals surface area contributed by atoms with Crippen molar-refractivity contribution in [2.75, 3.05) is 0 Å². The van der Waals surface area contributed by atoms with E-state index in [-0.39, 0.29) is 37.2 Å². The molecule has 8 nitrogen and oxygen atoms in total. The highest BCUT2D eigenvalue weighted by Crippen LogP contribution is 2.42. The Morgan fingerprint density at radius 3 is 1.13 bits per heavy atom. The van der Waals surface area contributed by atoms with Crippen LogP contribution in [0.3, 0.4) is 0 Å². The molecule has 0 atom stereocenters. The lowest BCUT2D eigenvalue weighted by molar-refractivity contribution is -0.142. The summed E-state index contributed by atoms with van der Waals surface area (Å²) in [6, 6.07) is 13.7. The second-order valence-electron chi connectivity index (χ2n) is 6.49. The van der Waals surface area contributed by atoms with Crippen LogP contribution in [0.25, 0.3) is 21.5 Å². The molecule has 0 spiro atoms. The van der Waals surface area contributed by atoms with Gasteiger partial charge in [0.2, 0.25) is 0 Å². The van der Waals surface area contributed by atoms with Gasteiger partial charge in [-0.05, 0) is 0 Å². The van der Waals surface area contributed by atoms with Gasteiger partial charge in [-0.1, -0.05) is 48.5 Å². The van der Waals surface area contributed by atoms with Crippen molar-refractivity contribution >= 4 is 45.4 Å². The Hall–Kier alpha value is -3.94. The lowest BCUT2D eigenvalue weighted by Gasteiger charge is -2.16. The van der Waals surface area contributed by atoms with E-state index in [1.165, 1.54) is 0 Å². The fourth-order valence-corrected chi connectivity index (χ4v) is 3.02. The maximum Gasteiger partial charge on any atom is 0.311 e. The van der Waals surface area contributed by atoms with Gasteiger partial charge in [0, 0.05) is 21.5 Å². The third kappa shape index (κ3) is 4.72. The Kier molecular flexibility index (Phi) is 6.26. The molecule has 2 N–H and O–H groups in total. The smallest absolute Gasteiger partial charge is 0.311 e. The number of ether oxygens (including phenoxy) is 2. The number of hydrogen-bond donors (Lipinski definition) is 2. The number of carbonyl (C=O) groups is 4. The second kappa shape index (κ2) is 9.04. The van der Waals surface area contributed by atoms with Crippen LogP contribution in [0, 0.1) is 0 Å². The third-order valence-corrected chi connectivity index (χ3v) is 4.35. The van der Waals surface area contributed by atoms with Crippen LogP contribution in [-0.4, -0.2) is 34.1 Å². The number of hydrogen-bond acceptors (Lipinski definition) is 6. The molecule has 0 fully saturated rings. The molecule has 0 saturated carbocycles. The minimum atomic E-state index is -1.11. The van der Waals surface area contributed by atoms with Crippen LogP contribution in [0.4, 0.5) is 0 Å². The Morgan fingerprint density at radius 2 is 0.867 bits per heavy atom. The summed E-state index contributed by atoms with van der Waals surface area (Å²) >= 11 is 0. The minimum absolute atomic E-state index is 0.238. The van der Waals surface area contributed by atoms with E-state index >= 15 is 0 Å². The van der Waals surface area contributed by atoms with Gasteiger partial charge in [0.1, 0.15) is 11.5 Å². The van der Waals surface area contributed by atoms with E-state index in [9.17, 15) is 19.2 Å². The average molecular weight is 410 g/mol. The number of benzene rings is 3. The summed E-state index contributed by atoms with van der Waals surface area (Å²) in [4.78, 5) is 45.8. The molecular weight excluding hydrogens is 392 g/mol. The third-order valence-electron chi connectivity index (χ3n) is 4.35. The van der Waals surface area contributed by atoms with E-state index in [0.717, 1.165) is 0 Å². The SMILES string of the molecule is O=C(O)CCC(=O)Oc1c2ccccc2c(OC(=O)CCC(=O)O)c2ccccc12. The molecule has 0 heterocycles. The van der Waals surface area contributed by atoms with Gasteiger partial charge in [-0.3, -0.25) is 19.2 Å². The van der Waals surface area contributed by atoms with Crippen molar-refractivity contribution in [3.8, 4) is 11.5 Å². The highest BCUT2D eigenvalue weighted by molar-refractivity contribution is 6.12. The van der Waals surface area contributed by atoms with Gasteiger partial charge >= 0.3 is 23.9 Å². The van der Waals surface area contributed by atoms with E-state index in [1.807, 2.05) is 0 Å². The van der Waals surface area contributed by atoms with Crippen molar-refractivity contribution in [3.05, 3.63) is 48.5 Å². The predicted octanol–water partition coefficient (Wildman–Crippen LogP) is 3.53. The quantitative estimate of drug-likeness (QED) is 0.328. The van der Waals surface area contributed by atoms with Crippen molar-refractivity contribution in [1.29, 1.82) is 0 Å². The zero-order valence-electron chi connectivity index (χ0n) is 15.8. The van der Waals surface area contributed by atoms with Gasteiger partial charge in [0.15, 0.2) is 0 Å². The molecule has 30 heavy (non-hydrogen) atoms. The first-order valence-electron chi connectivity index (χ1n) is 9.15. The molecule has 3 rings (SSSR count). The largest absolute Gasteiger partial charge is 0.481 e. The van der Waals surface area contributed by atoms with Crippen LogP contribution in [0.15, 0.2) is 48.5 Å². The molecule has 0 aliphatic heterocycles. The molecule has 0 amide bonds. The second-order valence-corrected chi connectivity index (χ2v) is 6.49. The van der Waals surface area contributed by atoms with Crippen molar-refractivity contribution in [1.82, 2.24) is 0 Å². The molecule has 0 aliphatic carbocycles. The predicted molar refractivity (Wildman–Crippen MR) is 106 cm³/mol. The lowest BCUT2D eigenvalue weighted by atomic mass is 10.0. The maximum absolute atomic E-state index is 12.2. The van der Waals surface area contributed by atoms with Crippen LogP contribution < -0.4 is 9.47 Å². The Balaban J connectivity index is 2.08. The Morgan fingerprint density at radius 1 is 0.567 bits per heavy atom. The summed E-state index contributed by atoms with van der Waals surface area (Å²) in [5, 5.41) is 19.6. The maximum atomic E-state index is 12.2. The first-order valence-corrected chi connectivity index (χ1v) is 9.15. The number of fused-ring (bicyclic) bond motifs is 2. The molecular formula is C22H18O8. The van der Waals surface area contributed by atoms with E-state index in [2.05, 4.69) is 0 Å². The summed E-state index contributed by atoms with van der Waals surface area (Å²) in [5.41, 5.74) is 0. The van der Waals surface area contributed by atoms with E-state index in [0.29, 0.717) is 21.5 Å². The van der Waals surface area contributed by atoms with Gasteiger partial charge in [-0.25, -0.2) is 0 Å². The summed E-state index contributed by atoms with van der Waals surface area (Å²) in [6.45, 7) is 0. The molecule has 0 bridgehead atoms. The van der Waals surface area contributed by atoms with Crippen molar-refractivity contribution in [3.63, 3.8) is 0 Å². The number of aliphatic carboxylic acids is 2. The monoisotopic (exact) mass is 410 g/mol. The van der Waals surface area contributed by atoms with E-state index in [1.54, 1.807) is 48.5 Å². The molecule has 3 aromatic carbocycles. The van der Waals surface area contributed by atoms with Crippen LogP contribution in [-0.2, 0) is 19.2 Å². The van der Waals surface area contributed by atoms with Crippen LogP contribution in [0.1, 0.15) is 25.7 Å². The van der Waals surface area contributed by atoms with Crippen molar-refractivity contribution in [2.24, 2.45) is 0 Å². The van der Waals surface area contributed by atoms with Gasteiger partial charge in [0.05, 0.1) is 25.7 Å². The molecule has 0 unspecified atom stereocenters. The first-order chi connectivity index (χ1) is 14.4. The summed E-state index contributed by atoms with van der Waals surface area (Å²) in [7, 11) is 0. The molecule has 3 aromatic rings. The molecule has 0 aliphatic rings. The zero-order valence-corrected chi connectivity index (χ0v) is 15.8. The van der Waals surface area contributed by atoms with Gasteiger partial charge in [-0.2, -0.15) is 0 Å². The highest BCUT2D eigenvalue weighted by atomic mass is 16.5. The molecule has 0 radical (unpaired) electrons. The topological polar surface area (TPSA) is 127 Å². The highest BCUT2D eigenvalue weighted by Gasteiger charge is 2.20. The van der Waals surface area contributed by atoms with Crippen molar-refractivity contribution in [2.45, 2.75) is 25.7 Å². The van der Waals surface area contributed by atoms with E-state index in [4.69, 9.17) is 19.7 Å². The van der Waals surface area contributed by atoms with Crippen LogP contribution in [0.5, 0.6) is 11.5 Å². The number of esters is 2. The first kappa shape index (κ1) is 20.8. The lowest BCUT2D eigenvalue weighted by Crippen LogP contribution is -2.12. The molecule has 8 heteroatoms. The van der Waals surface area contributed by atoms with Gasteiger partial charge in [0.25, 0.3) is 0 Å². The minimum Gasteiger partial charge on any atom is -0.481 e. The Bertz CT molecular complexity index is 1000. The van der Waals surface area contributed by atoms with E-state index < -0.39 is 23.9 Å². The number of rotatable bonds is 8. The zero-order chi connectivity index (χ0) is 21.7. The van der Waals surface area contributed by atoms with Gasteiger partial charge in [-0.15, -0.1) is 0 Å². The standard InChI is InChI=1S/C22H18O8/c23-17(24)9-11-19(27)29-21-13-5-1-2-6-14(13)22(16-8-4-3-7-15(16)21)30-20(28)12-10-18(25)26/h1-8H,9-12H2,(H,23,24)(H,25,26). The summed E-state index contributed by atoms with van der Waals surface area (Å²) < 4.78 is 11.0. The average Bonchev–Trinajstić information content (AvgIpc) is 2.73. The van der Waals surface area contributed by atoms with Crippen LogP contribution >= 0.6 is 0 Å². The molecule has 154 valence electrons. The molecule has 0 saturated heterocycles. The summed E-state index contributed by atoms with van der Waals surface area (Å²) in [5.74, 6) is -3.13. The van der Waals surface area contributed by atoms with Crippen LogP contribution in [0.2, 0.25) is 0 Å². The normalized spacial score (nSPS) is 10.7.